The second-order valence-corrected chi connectivity index (χ2v) is 11.8. The van der Waals surface area contributed by atoms with E-state index in [2.05, 4.69) is 27.7 Å². The molecule has 0 aliphatic heterocycles. The molecule has 29 heavy (non-hydrogen) atoms. The minimum absolute atomic E-state index is 0.202. The Hall–Kier alpha value is -0.610. The highest BCUT2D eigenvalue weighted by atomic mass is 16.4. The van der Waals surface area contributed by atoms with Crippen LogP contribution in [0.1, 0.15) is 85.5 Å². The van der Waals surface area contributed by atoms with E-state index >= 15 is 0 Å². The van der Waals surface area contributed by atoms with E-state index in [-0.39, 0.29) is 29.5 Å². The van der Waals surface area contributed by atoms with Crippen LogP contribution in [-0.4, -0.2) is 33.5 Å². The molecule has 0 aromatic heterocycles. The molecule has 4 saturated carbocycles. The Morgan fingerprint density at radius 1 is 1.07 bits per heavy atom. The van der Waals surface area contributed by atoms with Crippen molar-refractivity contribution in [1.29, 1.82) is 0 Å². The van der Waals surface area contributed by atoms with E-state index in [4.69, 9.17) is 5.11 Å². The van der Waals surface area contributed by atoms with Crippen LogP contribution in [0.3, 0.4) is 0 Å². The minimum Gasteiger partial charge on any atom is -0.481 e. The van der Waals surface area contributed by atoms with Gasteiger partial charge in [-0.1, -0.05) is 27.7 Å². The summed E-state index contributed by atoms with van der Waals surface area (Å²) in [6.45, 7) is 9.52. The van der Waals surface area contributed by atoms with E-state index in [0.717, 1.165) is 25.7 Å². The van der Waals surface area contributed by atoms with Crippen molar-refractivity contribution in [3.05, 3.63) is 0 Å². The normalized spacial score (nSPS) is 52.9. The van der Waals surface area contributed by atoms with Crippen molar-refractivity contribution in [2.24, 2.45) is 52.3 Å². The summed E-state index contributed by atoms with van der Waals surface area (Å²) < 4.78 is 0. The summed E-state index contributed by atoms with van der Waals surface area (Å²) in [6.07, 6.45) is 7.99. The standard InChI is InChI=1S/C25H42O4/c1-14(5-8-22(28)29)18-6-7-19-23-20(9-10-24(18,19)3)25(4)15(2)11-17(26)12-16(25)13-21(23)27/h14-21,23,26-27H,5-13H2,1-4H3,(H,28,29)/t14-,15?,16?,17+,18-,19+,20+,21+,23+,24-,25+/m1/s1. The fourth-order valence-corrected chi connectivity index (χ4v) is 9.19. The van der Waals surface area contributed by atoms with Crippen LogP contribution >= 0.6 is 0 Å². The van der Waals surface area contributed by atoms with Gasteiger partial charge in [-0.2, -0.15) is 0 Å². The first-order valence-corrected chi connectivity index (χ1v) is 12.2. The molecule has 0 aromatic carbocycles. The monoisotopic (exact) mass is 406 g/mol. The third-order valence-electron chi connectivity index (χ3n) is 10.8. The fraction of sp³-hybridized carbons (Fsp3) is 0.960. The second kappa shape index (κ2) is 7.51. The van der Waals surface area contributed by atoms with Gasteiger partial charge in [-0.3, -0.25) is 4.79 Å². The van der Waals surface area contributed by atoms with Gasteiger partial charge in [0.1, 0.15) is 0 Å². The number of aliphatic hydroxyl groups excluding tert-OH is 2. The topological polar surface area (TPSA) is 77.8 Å². The molecule has 4 rings (SSSR count). The van der Waals surface area contributed by atoms with Gasteiger partial charge in [0.25, 0.3) is 0 Å². The van der Waals surface area contributed by atoms with Gasteiger partial charge in [0.15, 0.2) is 0 Å². The highest BCUT2D eigenvalue weighted by Crippen LogP contribution is 2.69. The van der Waals surface area contributed by atoms with E-state index in [1.807, 2.05) is 0 Å². The molecule has 0 saturated heterocycles. The molecule has 4 fully saturated rings. The number of rotatable bonds is 4. The van der Waals surface area contributed by atoms with Gasteiger partial charge in [-0.25, -0.2) is 0 Å². The van der Waals surface area contributed by atoms with Crippen LogP contribution in [0, 0.1) is 52.3 Å². The number of hydrogen-bond donors (Lipinski definition) is 3. The quantitative estimate of drug-likeness (QED) is 0.631. The van der Waals surface area contributed by atoms with Crippen molar-refractivity contribution < 1.29 is 20.1 Å². The number of aliphatic carboxylic acids is 1. The first-order valence-electron chi connectivity index (χ1n) is 12.2. The Bertz CT molecular complexity index is 634. The number of hydrogen-bond acceptors (Lipinski definition) is 3. The molecule has 0 aromatic rings. The minimum atomic E-state index is -0.685. The maximum Gasteiger partial charge on any atom is 0.303 e. The number of carbonyl (C=O) groups is 1. The molecule has 4 aliphatic rings. The Morgan fingerprint density at radius 3 is 2.48 bits per heavy atom. The van der Waals surface area contributed by atoms with Gasteiger partial charge < -0.3 is 15.3 Å². The van der Waals surface area contributed by atoms with Crippen molar-refractivity contribution in [1.82, 2.24) is 0 Å². The van der Waals surface area contributed by atoms with Crippen LogP contribution in [-0.2, 0) is 4.79 Å². The summed E-state index contributed by atoms with van der Waals surface area (Å²) in [4.78, 5) is 11.1. The lowest BCUT2D eigenvalue weighted by Gasteiger charge is -2.64. The van der Waals surface area contributed by atoms with Crippen molar-refractivity contribution >= 4 is 5.97 Å². The zero-order valence-corrected chi connectivity index (χ0v) is 18.8. The molecule has 11 atom stereocenters. The fourth-order valence-electron chi connectivity index (χ4n) is 9.19. The Morgan fingerprint density at radius 2 is 1.79 bits per heavy atom. The lowest BCUT2D eigenvalue weighted by molar-refractivity contribution is -0.192. The van der Waals surface area contributed by atoms with Crippen LogP contribution in [0.2, 0.25) is 0 Å². The third kappa shape index (κ3) is 3.28. The lowest BCUT2D eigenvalue weighted by atomic mass is 9.41. The summed E-state index contributed by atoms with van der Waals surface area (Å²) >= 11 is 0. The molecule has 4 aliphatic carbocycles. The summed E-state index contributed by atoms with van der Waals surface area (Å²) in [5.74, 6) is 2.78. The van der Waals surface area contributed by atoms with Gasteiger partial charge in [0, 0.05) is 6.42 Å². The zero-order valence-electron chi connectivity index (χ0n) is 18.8. The van der Waals surface area contributed by atoms with Gasteiger partial charge in [0.05, 0.1) is 12.2 Å². The summed E-state index contributed by atoms with van der Waals surface area (Å²) in [6, 6.07) is 0. The van der Waals surface area contributed by atoms with E-state index in [1.165, 1.54) is 25.7 Å². The molecular weight excluding hydrogens is 364 g/mol. The largest absolute Gasteiger partial charge is 0.481 e. The maximum atomic E-state index is 11.3. The van der Waals surface area contributed by atoms with Gasteiger partial charge in [-0.15, -0.1) is 0 Å². The van der Waals surface area contributed by atoms with Gasteiger partial charge >= 0.3 is 5.97 Å². The van der Waals surface area contributed by atoms with E-state index in [1.54, 1.807) is 0 Å². The molecule has 2 unspecified atom stereocenters. The average molecular weight is 407 g/mol. The molecule has 0 heterocycles. The molecule has 3 N–H and O–H groups in total. The summed E-state index contributed by atoms with van der Waals surface area (Å²) in [5.41, 5.74) is 0.470. The average Bonchev–Trinajstić information content (AvgIpc) is 2.99. The zero-order chi connectivity index (χ0) is 21.1. The van der Waals surface area contributed by atoms with E-state index in [0.29, 0.717) is 41.4 Å². The second-order valence-electron chi connectivity index (χ2n) is 11.8. The van der Waals surface area contributed by atoms with Crippen molar-refractivity contribution in [3.63, 3.8) is 0 Å². The highest BCUT2D eigenvalue weighted by Gasteiger charge is 2.64. The first-order chi connectivity index (χ1) is 13.6. The molecule has 4 heteroatoms. The molecule has 166 valence electrons. The lowest BCUT2D eigenvalue weighted by Crippen LogP contribution is -2.60. The predicted octanol–water partition coefficient (Wildman–Crippen LogP) is 4.72. The third-order valence-corrected chi connectivity index (χ3v) is 10.8. The maximum absolute atomic E-state index is 11.3. The van der Waals surface area contributed by atoms with Crippen LogP contribution < -0.4 is 0 Å². The number of aliphatic hydroxyl groups is 2. The molecule has 0 radical (unpaired) electrons. The predicted molar refractivity (Wildman–Crippen MR) is 113 cm³/mol. The SMILES string of the molecule is CC1C[C@H](O)CC2C[C@H](O)[C@@H]3[C@H](CC[C@]4(C)[C@@H]([C@H](C)CCC(=O)O)CC[C@@H]34)[C@@]12C. The summed E-state index contributed by atoms with van der Waals surface area (Å²) in [7, 11) is 0. The van der Waals surface area contributed by atoms with Gasteiger partial charge in [0.2, 0.25) is 0 Å². The molecule has 0 amide bonds. The van der Waals surface area contributed by atoms with E-state index in [9.17, 15) is 15.0 Å². The van der Waals surface area contributed by atoms with Gasteiger partial charge in [-0.05, 0) is 104 Å². The molecule has 0 bridgehead atoms. The number of fused-ring (bicyclic) bond motifs is 5. The van der Waals surface area contributed by atoms with Crippen LogP contribution in [0.5, 0.6) is 0 Å². The van der Waals surface area contributed by atoms with Crippen molar-refractivity contribution in [2.45, 2.75) is 97.7 Å². The van der Waals surface area contributed by atoms with Crippen LogP contribution in [0.4, 0.5) is 0 Å². The van der Waals surface area contributed by atoms with Crippen LogP contribution in [0.15, 0.2) is 0 Å². The number of carboxylic acids is 1. The highest BCUT2D eigenvalue weighted by molar-refractivity contribution is 5.66. The Balaban J connectivity index is 1.58. The van der Waals surface area contributed by atoms with E-state index < -0.39 is 5.97 Å². The Kier molecular flexibility index (Phi) is 5.60. The Labute approximate surface area is 176 Å². The van der Waals surface area contributed by atoms with Crippen molar-refractivity contribution in [2.75, 3.05) is 0 Å². The molecule has 4 nitrogen and oxygen atoms in total. The van der Waals surface area contributed by atoms with Crippen molar-refractivity contribution in [3.8, 4) is 0 Å². The smallest absolute Gasteiger partial charge is 0.303 e. The van der Waals surface area contributed by atoms with Crippen LogP contribution in [0.25, 0.3) is 0 Å². The molecular formula is C25H42O4. The number of carboxylic acid groups (broad SMARTS) is 1. The summed E-state index contributed by atoms with van der Waals surface area (Å²) in [5, 5.41) is 30.8. The first kappa shape index (κ1) is 21.6. The molecule has 0 spiro atoms.